The van der Waals surface area contributed by atoms with Crippen LogP contribution in [0.4, 0.5) is 15.8 Å². The highest BCUT2D eigenvalue weighted by Gasteiger charge is 2.03. The second-order valence-corrected chi connectivity index (χ2v) is 5.07. The third-order valence-corrected chi connectivity index (χ3v) is 3.30. The maximum atomic E-state index is 13.2. The van der Waals surface area contributed by atoms with E-state index in [0.717, 1.165) is 21.2 Å². The summed E-state index contributed by atoms with van der Waals surface area (Å²) in [6.45, 7) is 0. The zero-order valence-corrected chi connectivity index (χ0v) is 11.5. The predicted molar refractivity (Wildman–Crippen MR) is 79.1 cm³/mol. The number of nitrogens with one attached hydrogen (secondary N) is 1. The lowest BCUT2D eigenvalue weighted by Gasteiger charge is -2.09. The molecule has 94 valence electrons. The van der Waals surface area contributed by atoms with E-state index in [1.54, 1.807) is 12.3 Å². The van der Waals surface area contributed by atoms with Gasteiger partial charge in [0.2, 0.25) is 0 Å². The maximum Gasteiger partial charge on any atom is 0.125 e. The lowest BCUT2D eigenvalue weighted by Crippen LogP contribution is -1.92. The first-order valence-electron chi connectivity index (χ1n) is 5.79. The summed E-state index contributed by atoms with van der Waals surface area (Å²) < 4.78 is 14.2. The van der Waals surface area contributed by atoms with E-state index in [4.69, 9.17) is 0 Å². The van der Waals surface area contributed by atoms with Crippen molar-refractivity contribution in [1.29, 1.82) is 0 Å². The molecule has 19 heavy (non-hydrogen) atoms. The molecule has 3 rings (SSSR count). The molecule has 0 fully saturated rings. The topological polar surface area (TPSA) is 24.9 Å². The standard InChI is InChI=1S/C15H10BrFN2/c16-10-2-1-3-12(8-10)19-14-6-7-18-15-9-11(17)4-5-13(14)15/h1-9H,(H,18,19). The number of aromatic nitrogens is 1. The Kier molecular flexibility index (Phi) is 3.17. The Morgan fingerprint density at radius 1 is 1.05 bits per heavy atom. The molecule has 0 amide bonds. The van der Waals surface area contributed by atoms with Crippen molar-refractivity contribution in [2.75, 3.05) is 5.32 Å². The van der Waals surface area contributed by atoms with Crippen LogP contribution in [0.25, 0.3) is 10.9 Å². The van der Waals surface area contributed by atoms with E-state index in [-0.39, 0.29) is 5.82 Å². The molecule has 0 radical (unpaired) electrons. The van der Waals surface area contributed by atoms with Crippen LogP contribution in [0.1, 0.15) is 0 Å². The molecular weight excluding hydrogens is 307 g/mol. The van der Waals surface area contributed by atoms with Crippen LogP contribution in [0.5, 0.6) is 0 Å². The summed E-state index contributed by atoms with van der Waals surface area (Å²) in [5.41, 5.74) is 2.51. The van der Waals surface area contributed by atoms with E-state index in [2.05, 4.69) is 26.2 Å². The van der Waals surface area contributed by atoms with Gasteiger partial charge in [0, 0.05) is 33.5 Å². The molecule has 0 aliphatic rings. The summed E-state index contributed by atoms with van der Waals surface area (Å²) in [6.07, 6.45) is 1.67. The van der Waals surface area contributed by atoms with Crippen molar-refractivity contribution in [3.8, 4) is 0 Å². The van der Waals surface area contributed by atoms with E-state index in [0.29, 0.717) is 5.52 Å². The third kappa shape index (κ3) is 2.58. The number of fused-ring (bicyclic) bond motifs is 1. The van der Waals surface area contributed by atoms with Gasteiger partial charge in [0.25, 0.3) is 0 Å². The molecule has 0 bridgehead atoms. The highest BCUT2D eigenvalue weighted by molar-refractivity contribution is 9.10. The Hall–Kier alpha value is -1.94. The molecule has 1 N–H and O–H groups in total. The number of anilines is 2. The van der Waals surface area contributed by atoms with Crippen LogP contribution in [-0.2, 0) is 0 Å². The number of benzene rings is 2. The summed E-state index contributed by atoms with van der Waals surface area (Å²) in [4.78, 5) is 4.17. The highest BCUT2D eigenvalue weighted by atomic mass is 79.9. The quantitative estimate of drug-likeness (QED) is 0.728. The summed E-state index contributed by atoms with van der Waals surface area (Å²) in [7, 11) is 0. The van der Waals surface area contributed by atoms with Crippen LogP contribution in [-0.4, -0.2) is 4.98 Å². The third-order valence-electron chi connectivity index (χ3n) is 2.81. The Morgan fingerprint density at radius 3 is 2.79 bits per heavy atom. The van der Waals surface area contributed by atoms with E-state index in [1.165, 1.54) is 12.1 Å². The number of halogens is 2. The number of rotatable bonds is 2. The van der Waals surface area contributed by atoms with Crippen molar-refractivity contribution in [3.05, 3.63) is 65.0 Å². The first kappa shape index (κ1) is 12.1. The van der Waals surface area contributed by atoms with Crippen LogP contribution < -0.4 is 5.32 Å². The fourth-order valence-electron chi connectivity index (χ4n) is 1.95. The van der Waals surface area contributed by atoms with Gasteiger partial charge in [0.05, 0.1) is 5.52 Å². The van der Waals surface area contributed by atoms with Crippen LogP contribution in [0.3, 0.4) is 0 Å². The van der Waals surface area contributed by atoms with Crippen molar-refractivity contribution in [2.24, 2.45) is 0 Å². The number of hydrogen-bond donors (Lipinski definition) is 1. The molecule has 0 spiro atoms. The average Bonchev–Trinajstić information content (AvgIpc) is 2.38. The molecule has 1 heterocycles. The van der Waals surface area contributed by atoms with E-state index >= 15 is 0 Å². The molecule has 2 aromatic carbocycles. The Labute approximate surface area is 118 Å². The summed E-state index contributed by atoms with van der Waals surface area (Å²) in [5.74, 6) is -0.278. The predicted octanol–water partition coefficient (Wildman–Crippen LogP) is 4.88. The van der Waals surface area contributed by atoms with Crippen LogP contribution >= 0.6 is 15.9 Å². The van der Waals surface area contributed by atoms with Gasteiger partial charge in [-0.25, -0.2) is 4.39 Å². The fraction of sp³-hybridized carbons (Fsp3) is 0. The molecule has 0 saturated carbocycles. The van der Waals surface area contributed by atoms with E-state index in [1.807, 2.05) is 30.3 Å². The lowest BCUT2D eigenvalue weighted by atomic mass is 10.1. The molecule has 0 unspecified atom stereocenters. The number of pyridine rings is 1. The average molecular weight is 317 g/mol. The summed E-state index contributed by atoms with van der Waals surface area (Å²) in [6, 6.07) is 14.4. The fourth-order valence-corrected chi connectivity index (χ4v) is 2.35. The van der Waals surface area contributed by atoms with Crippen molar-refractivity contribution >= 4 is 38.2 Å². The molecular formula is C15H10BrFN2. The largest absolute Gasteiger partial charge is 0.355 e. The van der Waals surface area contributed by atoms with Crippen LogP contribution in [0.2, 0.25) is 0 Å². The maximum absolute atomic E-state index is 13.2. The molecule has 3 aromatic rings. The first-order chi connectivity index (χ1) is 9.22. The van der Waals surface area contributed by atoms with Crippen molar-refractivity contribution in [3.63, 3.8) is 0 Å². The van der Waals surface area contributed by atoms with Gasteiger partial charge in [-0.3, -0.25) is 4.98 Å². The Bertz CT molecular complexity index is 743. The van der Waals surface area contributed by atoms with Gasteiger partial charge in [-0.05, 0) is 36.4 Å². The monoisotopic (exact) mass is 316 g/mol. The molecule has 0 atom stereocenters. The van der Waals surface area contributed by atoms with Gasteiger partial charge in [-0.2, -0.15) is 0 Å². The zero-order chi connectivity index (χ0) is 13.2. The molecule has 1 aromatic heterocycles. The second-order valence-electron chi connectivity index (χ2n) is 4.16. The normalized spacial score (nSPS) is 10.6. The van der Waals surface area contributed by atoms with Crippen LogP contribution in [0, 0.1) is 5.82 Å². The van der Waals surface area contributed by atoms with E-state index in [9.17, 15) is 4.39 Å². The number of hydrogen-bond acceptors (Lipinski definition) is 2. The smallest absolute Gasteiger partial charge is 0.125 e. The Morgan fingerprint density at radius 2 is 1.95 bits per heavy atom. The minimum atomic E-state index is -0.278. The van der Waals surface area contributed by atoms with Gasteiger partial charge in [-0.1, -0.05) is 22.0 Å². The Balaban J connectivity index is 2.06. The molecule has 0 aliphatic carbocycles. The second kappa shape index (κ2) is 4.97. The molecule has 2 nitrogen and oxygen atoms in total. The highest BCUT2D eigenvalue weighted by Crippen LogP contribution is 2.26. The summed E-state index contributed by atoms with van der Waals surface area (Å²) >= 11 is 3.43. The summed E-state index contributed by atoms with van der Waals surface area (Å²) in [5, 5.41) is 4.21. The molecule has 0 aliphatic heterocycles. The minimum absolute atomic E-state index is 0.278. The van der Waals surface area contributed by atoms with Gasteiger partial charge in [-0.15, -0.1) is 0 Å². The van der Waals surface area contributed by atoms with Gasteiger partial charge >= 0.3 is 0 Å². The van der Waals surface area contributed by atoms with Gasteiger partial charge in [0.1, 0.15) is 5.82 Å². The minimum Gasteiger partial charge on any atom is -0.355 e. The molecule has 4 heteroatoms. The first-order valence-corrected chi connectivity index (χ1v) is 6.58. The molecule has 0 saturated heterocycles. The van der Waals surface area contributed by atoms with Crippen molar-refractivity contribution in [2.45, 2.75) is 0 Å². The SMILES string of the molecule is Fc1ccc2c(Nc3cccc(Br)c3)ccnc2c1. The van der Waals surface area contributed by atoms with Gasteiger partial charge in [0.15, 0.2) is 0 Å². The van der Waals surface area contributed by atoms with Crippen LogP contribution in [0.15, 0.2) is 59.2 Å². The van der Waals surface area contributed by atoms with Crippen molar-refractivity contribution in [1.82, 2.24) is 4.98 Å². The number of nitrogens with zero attached hydrogens (tertiary/aromatic N) is 1. The van der Waals surface area contributed by atoms with Crippen molar-refractivity contribution < 1.29 is 4.39 Å². The van der Waals surface area contributed by atoms with E-state index < -0.39 is 0 Å². The van der Waals surface area contributed by atoms with Gasteiger partial charge < -0.3 is 5.32 Å². The zero-order valence-electron chi connectivity index (χ0n) is 9.90. The lowest BCUT2D eigenvalue weighted by molar-refractivity contribution is 0.629.